The quantitative estimate of drug-likeness (QED) is 0.789. The smallest absolute Gasteiger partial charge is 0.251 e. The van der Waals surface area contributed by atoms with Crippen LogP contribution >= 0.6 is 0 Å². The summed E-state index contributed by atoms with van der Waals surface area (Å²) >= 11 is 0. The average molecular weight is 236 g/mol. The molecule has 0 spiro atoms. The minimum absolute atomic E-state index is 0.138. The molecule has 1 aromatic rings. The number of carbonyl (C=O) groups excluding carboxylic acids is 1. The van der Waals surface area contributed by atoms with E-state index >= 15 is 0 Å². The van der Waals surface area contributed by atoms with Crippen molar-refractivity contribution in [1.29, 1.82) is 0 Å². The third-order valence-corrected chi connectivity index (χ3v) is 2.46. The Bertz CT molecular complexity index is 377. The van der Waals surface area contributed by atoms with Crippen LogP contribution in [0.25, 0.3) is 0 Å². The Hall–Kier alpha value is -1.39. The van der Waals surface area contributed by atoms with Crippen molar-refractivity contribution in [2.24, 2.45) is 0 Å². The monoisotopic (exact) mass is 236 g/mol. The van der Waals surface area contributed by atoms with E-state index in [-0.39, 0.29) is 12.5 Å². The van der Waals surface area contributed by atoms with E-state index in [2.05, 4.69) is 5.32 Å². The van der Waals surface area contributed by atoms with Gasteiger partial charge in [0.05, 0.1) is 6.10 Å². The van der Waals surface area contributed by atoms with E-state index in [9.17, 15) is 9.90 Å². The number of amides is 1. The summed E-state index contributed by atoms with van der Waals surface area (Å²) in [6.45, 7) is 2.70. The molecule has 1 unspecified atom stereocenters. The maximum Gasteiger partial charge on any atom is 0.251 e. The summed E-state index contributed by atoms with van der Waals surface area (Å²) in [5.74, 6) is -0.138. The first-order valence-electron chi connectivity index (χ1n) is 5.67. The second kappa shape index (κ2) is 6.37. The minimum Gasteiger partial charge on any atom is -0.390 e. The molecule has 1 aromatic carbocycles. The lowest BCUT2D eigenvalue weighted by atomic mass is 10.1. The van der Waals surface area contributed by atoms with Crippen LogP contribution in [0.15, 0.2) is 24.3 Å². The van der Waals surface area contributed by atoms with Gasteiger partial charge in [-0.15, -0.1) is 0 Å². The number of likely N-dealkylation sites (N-methyl/N-ethyl adjacent to an activating group) is 1. The van der Waals surface area contributed by atoms with Gasteiger partial charge in [-0.25, -0.2) is 0 Å². The molecule has 0 aliphatic rings. The lowest BCUT2D eigenvalue weighted by Gasteiger charge is -2.16. The number of aliphatic hydroxyl groups excluding tert-OH is 1. The van der Waals surface area contributed by atoms with Crippen LogP contribution in [0.4, 0.5) is 0 Å². The number of nitrogens with one attached hydrogen (secondary N) is 1. The molecule has 1 atom stereocenters. The van der Waals surface area contributed by atoms with Crippen molar-refractivity contribution in [1.82, 2.24) is 10.2 Å². The molecule has 17 heavy (non-hydrogen) atoms. The van der Waals surface area contributed by atoms with Gasteiger partial charge >= 0.3 is 0 Å². The molecule has 0 bridgehead atoms. The molecule has 2 N–H and O–H groups in total. The summed E-state index contributed by atoms with van der Waals surface area (Å²) in [4.78, 5) is 13.7. The number of hydrogen-bond acceptors (Lipinski definition) is 3. The molecule has 0 saturated heterocycles. The van der Waals surface area contributed by atoms with Gasteiger partial charge in [-0.3, -0.25) is 4.79 Å². The maximum absolute atomic E-state index is 11.8. The van der Waals surface area contributed by atoms with Gasteiger partial charge in [0.2, 0.25) is 0 Å². The van der Waals surface area contributed by atoms with E-state index < -0.39 is 6.10 Å². The molecule has 0 saturated carbocycles. The molecule has 0 heterocycles. The highest BCUT2D eigenvalue weighted by Gasteiger charge is 2.10. The zero-order valence-corrected chi connectivity index (χ0v) is 10.6. The molecule has 0 aliphatic carbocycles. The van der Waals surface area contributed by atoms with E-state index in [0.717, 1.165) is 5.56 Å². The number of aliphatic hydroxyl groups is 1. The predicted molar refractivity (Wildman–Crippen MR) is 68.1 cm³/mol. The van der Waals surface area contributed by atoms with Crippen LogP contribution in [0.1, 0.15) is 15.9 Å². The van der Waals surface area contributed by atoms with Crippen molar-refractivity contribution in [2.45, 2.75) is 13.0 Å². The normalized spacial score (nSPS) is 12.5. The van der Waals surface area contributed by atoms with E-state index in [4.69, 9.17) is 0 Å². The highest BCUT2D eigenvalue weighted by Crippen LogP contribution is 2.06. The number of rotatable bonds is 5. The fraction of sp³-hybridized carbons (Fsp3) is 0.462. The number of aryl methyl sites for hydroxylation is 1. The standard InChI is InChI=1S/C13H20N2O2/c1-10-6-4-5-7-12(10)13(17)14-8-11(16)9-15(2)3/h4-7,11,16H,8-9H2,1-3H3,(H,14,17). The molecule has 0 aromatic heterocycles. The molecule has 0 fully saturated rings. The van der Waals surface area contributed by atoms with Crippen molar-refractivity contribution in [2.75, 3.05) is 27.2 Å². The van der Waals surface area contributed by atoms with Crippen LogP contribution in [0.2, 0.25) is 0 Å². The number of nitrogens with zero attached hydrogens (tertiary/aromatic N) is 1. The maximum atomic E-state index is 11.8. The van der Waals surface area contributed by atoms with Crippen LogP contribution in [0, 0.1) is 6.92 Å². The summed E-state index contributed by atoms with van der Waals surface area (Å²) in [6, 6.07) is 7.40. The summed E-state index contributed by atoms with van der Waals surface area (Å²) in [5.41, 5.74) is 1.59. The van der Waals surface area contributed by atoms with Crippen LogP contribution in [-0.2, 0) is 0 Å². The zero-order chi connectivity index (χ0) is 12.8. The van der Waals surface area contributed by atoms with Gasteiger partial charge < -0.3 is 15.3 Å². The van der Waals surface area contributed by atoms with Gasteiger partial charge in [0.25, 0.3) is 5.91 Å². The number of benzene rings is 1. The van der Waals surface area contributed by atoms with E-state index in [1.165, 1.54) is 0 Å². The summed E-state index contributed by atoms with van der Waals surface area (Å²) in [6.07, 6.45) is -0.544. The third-order valence-electron chi connectivity index (χ3n) is 2.46. The van der Waals surface area contributed by atoms with Crippen molar-refractivity contribution >= 4 is 5.91 Å². The summed E-state index contributed by atoms with van der Waals surface area (Å²) in [5, 5.41) is 12.4. The Morgan fingerprint density at radius 1 is 1.41 bits per heavy atom. The fourth-order valence-corrected chi connectivity index (χ4v) is 1.62. The summed E-state index contributed by atoms with van der Waals surface area (Å²) in [7, 11) is 3.76. The molecule has 0 aliphatic heterocycles. The first kappa shape index (κ1) is 13.7. The van der Waals surface area contributed by atoms with E-state index in [1.807, 2.05) is 44.1 Å². The predicted octanol–water partition coefficient (Wildman–Crippen LogP) is 0.647. The topological polar surface area (TPSA) is 52.6 Å². The Morgan fingerprint density at radius 3 is 2.65 bits per heavy atom. The van der Waals surface area contributed by atoms with Gasteiger partial charge in [-0.2, -0.15) is 0 Å². The summed E-state index contributed by atoms with van der Waals surface area (Å²) < 4.78 is 0. The second-order valence-corrected chi connectivity index (χ2v) is 4.44. The minimum atomic E-state index is -0.544. The fourth-order valence-electron chi connectivity index (χ4n) is 1.62. The van der Waals surface area contributed by atoms with Crippen LogP contribution in [0.5, 0.6) is 0 Å². The van der Waals surface area contributed by atoms with Gasteiger partial charge in [-0.05, 0) is 32.6 Å². The van der Waals surface area contributed by atoms with E-state index in [1.54, 1.807) is 6.07 Å². The Labute approximate surface area is 102 Å². The molecular weight excluding hydrogens is 216 g/mol. The molecule has 0 radical (unpaired) electrons. The lowest BCUT2D eigenvalue weighted by Crippen LogP contribution is -2.37. The molecule has 4 nitrogen and oxygen atoms in total. The largest absolute Gasteiger partial charge is 0.390 e. The van der Waals surface area contributed by atoms with Crippen molar-refractivity contribution in [3.05, 3.63) is 35.4 Å². The molecule has 1 amide bonds. The van der Waals surface area contributed by atoms with Gasteiger partial charge in [-0.1, -0.05) is 18.2 Å². The number of carbonyl (C=O) groups is 1. The highest BCUT2D eigenvalue weighted by molar-refractivity contribution is 5.95. The molecule has 94 valence electrons. The Kier molecular flexibility index (Phi) is 5.12. The highest BCUT2D eigenvalue weighted by atomic mass is 16.3. The Balaban J connectivity index is 2.48. The third kappa shape index (κ3) is 4.54. The first-order chi connectivity index (χ1) is 8.00. The molecule has 4 heteroatoms. The van der Waals surface area contributed by atoms with Crippen LogP contribution in [-0.4, -0.2) is 49.2 Å². The van der Waals surface area contributed by atoms with Gasteiger partial charge in [0.15, 0.2) is 0 Å². The van der Waals surface area contributed by atoms with Crippen LogP contribution in [0.3, 0.4) is 0 Å². The first-order valence-corrected chi connectivity index (χ1v) is 5.67. The van der Waals surface area contributed by atoms with Crippen molar-refractivity contribution in [3.8, 4) is 0 Å². The molecule has 1 rings (SSSR count). The molecular formula is C13H20N2O2. The van der Waals surface area contributed by atoms with Crippen molar-refractivity contribution < 1.29 is 9.90 Å². The van der Waals surface area contributed by atoms with Crippen molar-refractivity contribution in [3.63, 3.8) is 0 Å². The van der Waals surface area contributed by atoms with Gasteiger partial charge in [0.1, 0.15) is 0 Å². The van der Waals surface area contributed by atoms with Crippen LogP contribution < -0.4 is 5.32 Å². The van der Waals surface area contributed by atoms with Gasteiger partial charge in [0, 0.05) is 18.7 Å². The SMILES string of the molecule is Cc1ccccc1C(=O)NCC(O)CN(C)C. The zero-order valence-electron chi connectivity index (χ0n) is 10.6. The second-order valence-electron chi connectivity index (χ2n) is 4.44. The Morgan fingerprint density at radius 2 is 2.06 bits per heavy atom. The number of hydrogen-bond donors (Lipinski definition) is 2. The van der Waals surface area contributed by atoms with E-state index in [0.29, 0.717) is 12.1 Å². The average Bonchev–Trinajstić information content (AvgIpc) is 2.25. The lowest BCUT2D eigenvalue weighted by molar-refractivity contribution is 0.0891.